The van der Waals surface area contributed by atoms with Crippen LogP contribution in [0.2, 0.25) is 0 Å². The van der Waals surface area contributed by atoms with Crippen LogP contribution in [0.4, 0.5) is 0 Å². The lowest BCUT2D eigenvalue weighted by atomic mass is 10.1. The Balaban J connectivity index is 2.10. The van der Waals surface area contributed by atoms with Crippen molar-refractivity contribution in [2.75, 3.05) is 6.61 Å². The monoisotopic (exact) mass is 228 g/mol. The Morgan fingerprint density at radius 1 is 1.33 bits per heavy atom. The number of rotatable bonds is 2. The van der Waals surface area contributed by atoms with Crippen LogP contribution in [-0.2, 0) is 4.74 Å². The van der Waals surface area contributed by atoms with E-state index >= 15 is 0 Å². The molecular weight excluding hydrogens is 220 g/mol. The topological polar surface area (TPSA) is 32.8 Å². The minimum absolute atomic E-state index is 0.0196. The Labute approximate surface area is 79.3 Å². The molecule has 0 unspecified atom stereocenters. The quantitative estimate of drug-likeness (QED) is 0.785. The highest BCUT2D eigenvalue weighted by atomic mass is 79.9. The van der Waals surface area contributed by atoms with Gasteiger partial charge in [-0.2, -0.15) is 0 Å². The molecule has 0 radical (unpaired) electrons. The van der Waals surface area contributed by atoms with Gasteiger partial charge in [0.15, 0.2) is 0 Å². The van der Waals surface area contributed by atoms with Gasteiger partial charge in [-0.1, -0.05) is 28.1 Å². The van der Waals surface area contributed by atoms with E-state index in [-0.39, 0.29) is 18.8 Å². The van der Waals surface area contributed by atoms with E-state index in [0.29, 0.717) is 0 Å². The summed E-state index contributed by atoms with van der Waals surface area (Å²) in [5, 5.41) is 8.76. The molecule has 1 aromatic carbocycles. The van der Waals surface area contributed by atoms with Gasteiger partial charge in [0, 0.05) is 4.47 Å². The molecule has 2 nitrogen and oxygen atoms in total. The van der Waals surface area contributed by atoms with E-state index in [1.54, 1.807) is 0 Å². The predicted octanol–water partition coefficient (Wildman–Crippen LogP) is 1.88. The molecular formula is C9H9BrO2. The van der Waals surface area contributed by atoms with Crippen LogP contribution in [-0.4, -0.2) is 17.8 Å². The van der Waals surface area contributed by atoms with Crippen molar-refractivity contribution in [1.29, 1.82) is 0 Å². The molecule has 1 aliphatic heterocycles. The largest absolute Gasteiger partial charge is 0.394 e. The Hall–Kier alpha value is -0.380. The summed E-state index contributed by atoms with van der Waals surface area (Å²) < 4.78 is 6.29. The first-order valence-electron chi connectivity index (χ1n) is 3.83. The first kappa shape index (κ1) is 8.23. The van der Waals surface area contributed by atoms with Gasteiger partial charge in [0.2, 0.25) is 0 Å². The third kappa shape index (κ3) is 1.53. The lowest BCUT2D eigenvalue weighted by Crippen LogP contribution is -1.93. The number of epoxide rings is 1. The van der Waals surface area contributed by atoms with Crippen molar-refractivity contribution < 1.29 is 9.84 Å². The van der Waals surface area contributed by atoms with E-state index in [1.165, 1.54) is 0 Å². The molecule has 1 aromatic rings. The van der Waals surface area contributed by atoms with E-state index in [9.17, 15) is 0 Å². The van der Waals surface area contributed by atoms with Gasteiger partial charge in [0.05, 0.1) is 6.61 Å². The maximum Gasteiger partial charge on any atom is 0.112 e. The fourth-order valence-electron chi connectivity index (χ4n) is 1.23. The first-order chi connectivity index (χ1) is 5.81. The van der Waals surface area contributed by atoms with Gasteiger partial charge in [-0.15, -0.1) is 0 Å². The molecule has 1 fully saturated rings. The Bertz CT molecular complexity index is 270. The van der Waals surface area contributed by atoms with Gasteiger partial charge in [0.25, 0.3) is 0 Å². The van der Waals surface area contributed by atoms with Crippen molar-refractivity contribution in [2.45, 2.75) is 12.2 Å². The molecule has 0 aromatic heterocycles. The second kappa shape index (κ2) is 3.17. The summed E-state index contributed by atoms with van der Waals surface area (Å²) in [6.07, 6.45) is 0.134. The summed E-state index contributed by atoms with van der Waals surface area (Å²) in [4.78, 5) is 0. The lowest BCUT2D eigenvalue weighted by molar-refractivity contribution is 0.242. The average molecular weight is 229 g/mol. The molecule has 1 heterocycles. The van der Waals surface area contributed by atoms with E-state index in [0.717, 1.165) is 10.0 Å². The molecule has 0 aliphatic carbocycles. The SMILES string of the molecule is OC[C@@H]1O[C@H]1c1ccc(Br)cc1. The second-order valence-electron chi connectivity index (χ2n) is 2.83. The van der Waals surface area contributed by atoms with Crippen molar-refractivity contribution in [2.24, 2.45) is 0 Å². The Morgan fingerprint density at radius 3 is 2.50 bits per heavy atom. The lowest BCUT2D eigenvalue weighted by Gasteiger charge is -1.94. The minimum atomic E-state index is 0.0196. The molecule has 0 bridgehead atoms. The van der Waals surface area contributed by atoms with Crippen LogP contribution in [0.5, 0.6) is 0 Å². The molecule has 2 rings (SSSR count). The van der Waals surface area contributed by atoms with Crippen LogP contribution in [0.3, 0.4) is 0 Å². The van der Waals surface area contributed by atoms with E-state index in [2.05, 4.69) is 15.9 Å². The zero-order chi connectivity index (χ0) is 8.55. The third-order valence-electron chi connectivity index (χ3n) is 1.96. The number of halogens is 1. The number of hydrogen-bond donors (Lipinski definition) is 1. The van der Waals surface area contributed by atoms with Gasteiger partial charge < -0.3 is 9.84 Å². The van der Waals surface area contributed by atoms with Crippen LogP contribution in [0.1, 0.15) is 11.7 Å². The molecule has 0 saturated carbocycles. The highest BCUT2D eigenvalue weighted by molar-refractivity contribution is 9.10. The molecule has 3 heteroatoms. The summed E-state index contributed by atoms with van der Waals surface area (Å²) in [7, 11) is 0. The molecule has 1 saturated heterocycles. The summed E-state index contributed by atoms with van der Waals surface area (Å²) >= 11 is 3.36. The summed E-state index contributed by atoms with van der Waals surface area (Å²) in [5.74, 6) is 0. The molecule has 2 atom stereocenters. The fraction of sp³-hybridized carbons (Fsp3) is 0.333. The van der Waals surface area contributed by atoms with Crippen LogP contribution < -0.4 is 0 Å². The third-order valence-corrected chi connectivity index (χ3v) is 2.49. The smallest absolute Gasteiger partial charge is 0.112 e. The number of aliphatic hydroxyl groups is 1. The fourth-order valence-corrected chi connectivity index (χ4v) is 1.49. The standard InChI is InChI=1S/C9H9BrO2/c10-7-3-1-6(2-4-7)9-8(5-11)12-9/h1-4,8-9,11H,5H2/t8-,9-/m0/s1. The molecule has 64 valence electrons. The maximum absolute atomic E-state index is 8.76. The molecule has 12 heavy (non-hydrogen) atoms. The van der Waals surface area contributed by atoms with Gasteiger partial charge in [-0.3, -0.25) is 0 Å². The van der Waals surface area contributed by atoms with Gasteiger partial charge >= 0.3 is 0 Å². The van der Waals surface area contributed by atoms with Gasteiger partial charge in [0.1, 0.15) is 12.2 Å². The van der Waals surface area contributed by atoms with E-state index in [4.69, 9.17) is 9.84 Å². The number of benzene rings is 1. The molecule has 0 spiro atoms. The van der Waals surface area contributed by atoms with Gasteiger partial charge in [-0.25, -0.2) is 0 Å². The summed E-state index contributed by atoms with van der Waals surface area (Å²) in [6, 6.07) is 7.96. The van der Waals surface area contributed by atoms with Gasteiger partial charge in [-0.05, 0) is 17.7 Å². The summed E-state index contributed by atoms with van der Waals surface area (Å²) in [5.41, 5.74) is 1.14. The Kier molecular flexibility index (Phi) is 2.17. The molecule has 0 amide bonds. The predicted molar refractivity (Wildman–Crippen MR) is 48.8 cm³/mol. The second-order valence-corrected chi connectivity index (χ2v) is 3.74. The number of aliphatic hydroxyl groups excluding tert-OH is 1. The highest BCUT2D eigenvalue weighted by Gasteiger charge is 2.39. The number of ether oxygens (including phenoxy) is 1. The first-order valence-corrected chi connectivity index (χ1v) is 4.62. The minimum Gasteiger partial charge on any atom is -0.394 e. The zero-order valence-corrected chi connectivity index (χ0v) is 7.99. The highest BCUT2D eigenvalue weighted by Crippen LogP contribution is 2.38. The zero-order valence-electron chi connectivity index (χ0n) is 6.40. The maximum atomic E-state index is 8.76. The van der Waals surface area contributed by atoms with E-state index < -0.39 is 0 Å². The molecule has 1 N–H and O–H groups in total. The van der Waals surface area contributed by atoms with Crippen molar-refractivity contribution in [3.05, 3.63) is 34.3 Å². The average Bonchev–Trinajstić information content (AvgIpc) is 2.85. The van der Waals surface area contributed by atoms with Crippen LogP contribution in [0.25, 0.3) is 0 Å². The van der Waals surface area contributed by atoms with Crippen molar-refractivity contribution in [3.63, 3.8) is 0 Å². The summed E-state index contributed by atoms with van der Waals surface area (Å²) in [6.45, 7) is 0.112. The Morgan fingerprint density at radius 2 is 2.00 bits per heavy atom. The number of hydrogen-bond acceptors (Lipinski definition) is 2. The van der Waals surface area contributed by atoms with E-state index in [1.807, 2.05) is 24.3 Å². The van der Waals surface area contributed by atoms with Crippen molar-refractivity contribution in [3.8, 4) is 0 Å². The molecule has 1 aliphatic rings. The van der Waals surface area contributed by atoms with Crippen LogP contribution in [0, 0.1) is 0 Å². The van der Waals surface area contributed by atoms with Crippen molar-refractivity contribution >= 4 is 15.9 Å². The van der Waals surface area contributed by atoms with Crippen molar-refractivity contribution in [1.82, 2.24) is 0 Å². The normalized spacial score (nSPS) is 27.2. The van der Waals surface area contributed by atoms with Crippen LogP contribution >= 0.6 is 15.9 Å². The van der Waals surface area contributed by atoms with Crippen LogP contribution in [0.15, 0.2) is 28.7 Å².